The van der Waals surface area contributed by atoms with Crippen LogP contribution in [0.2, 0.25) is 0 Å². The van der Waals surface area contributed by atoms with Crippen LogP contribution in [0.25, 0.3) is 0 Å². The monoisotopic (exact) mass is 219 g/mol. The van der Waals surface area contributed by atoms with Crippen molar-refractivity contribution in [2.24, 2.45) is 0 Å². The van der Waals surface area contributed by atoms with Crippen LogP contribution < -0.4 is 5.32 Å². The maximum atomic E-state index is 4.26. The molecule has 88 valence electrons. The molecule has 16 heavy (non-hydrogen) atoms. The Morgan fingerprint density at radius 3 is 3.12 bits per heavy atom. The molecule has 1 aromatic rings. The van der Waals surface area contributed by atoms with Crippen LogP contribution in [-0.4, -0.2) is 36.1 Å². The van der Waals surface area contributed by atoms with Gasteiger partial charge in [-0.1, -0.05) is 6.92 Å². The highest BCUT2D eigenvalue weighted by Crippen LogP contribution is 2.15. The molecule has 0 spiro atoms. The summed E-state index contributed by atoms with van der Waals surface area (Å²) < 4.78 is 0. The quantitative estimate of drug-likeness (QED) is 0.844. The highest BCUT2D eigenvalue weighted by Gasteiger charge is 2.16. The Bertz CT molecular complexity index is 338. The third-order valence-corrected chi connectivity index (χ3v) is 3.20. The van der Waals surface area contributed by atoms with E-state index in [9.17, 15) is 0 Å². The van der Waals surface area contributed by atoms with Gasteiger partial charge in [0.2, 0.25) is 0 Å². The Morgan fingerprint density at radius 1 is 1.50 bits per heavy atom. The lowest BCUT2D eigenvalue weighted by atomic mass is 10.1. The smallest absolute Gasteiger partial charge is 0.0532 e. The molecule has 0 radical (unpaired) electrons. The highest BCUT2D eigenvalue weighted by atomic mass is 15.1. The fraction of sp³-hybridized carbons (Fsp3) is 0.615. The van der Waals surface area contributed by atoms with Gasteiger partial charge in [0.25, 0.3) is 0 Å². The lowest BCUT2D eigenvalue weighted by molar-refractivity contribution is 0.261. The number of likely N-dealkylation sites (tertiary alicyclic amines) is 1. The van der Waals surface area contributed by atoms with Crippen LogP contribution in [0.1, 0.15) is 25.3 Å². The molecule has 0 aliphatic carbocycles. The van der Waals surface area contributed by atoms with Crippen molar-refractivity contribution in [1.82, 2.24) is 9.88 Å². The van der Waals surface area contributed by atoms with Crippen molar-refractivity contribution in [2.45, 2.75) is 32.2 Å². The molecule has 1 unspecified atom stereocenters. The van der Waals surface area contributed by atoms with Crippen molar-refractivity contribution >= 4 is 5.69 Å². The lowest BCUT2D eigenvalue weighted by Crippen LogP contribution is -2.39. The average Bonchev–Trinajstić information content (AvgIpc) is 2.29. The number of pyridine rings is 1. The number of nitrogens with zero attached hydrogens (tertiary/aromatic N) is 2. The normalized spacial score (nSPS) is 22.0. The minimum Gasteiger partial charge on any atom is -0.380 e. The second-order valence-corrected chi connectivity index (χ2v) is 4.68. The summed E-state index contributed by atoms with van der Waals surface area (Å²) in [6.07, 6.45) is 7.47. The SMILES string of the molecule is CCc1cncc(NC2CCCN(C)C2)c1. The maximum absolute atomic E-state index is 4.26. The van der Waals surface area contributed by atoms with Gasteiger partial charge in [0, 0.05) is 25.0 Å². The van der Waals surface area contributed by atoms with Crippen LogP contribution in [-0.2, 0) is 6.42 Å². The highest BCUT2D eigenvalue weighted by molar-refractivity contribution is 5.43. The van der Waals surface area contributed by atoms with E-state index in [2.05, 4.69) is 35.2 Å². The molecule has 0 aromatic carbocycles. The molecule has 1 N–H and O–H groups in total. The lowest BCUT2D eigenvalue weighted by Gasteiger charge is -2.30. The number of nitrogens with one attached hydrogen (secondary N) is 1. The second-order valence-electron chi connectivity index (χ2n) is 4.68. The fourth-order valence-electron chi connectivity index (χ4n) is 2.28. The van der Waals surface area contributed by atoms with Gasteiger partial charge in [0.1, 0.15) is 0 Å². The van der Waals surface area contributed by atoms with Gasteiger partial charge in [-0.2, -0.15) is 0 Å². The summed E-state index contributed by atoms with van der Waals surface area (Å²) in [4.78, 5) is 6.65. The molecule has 1 aromatic heterocycles. The molecule has 3 heteroatoms. The number of anilines is 1. The van der Waals surface area contributed by atoms with Gasteiger partial charge >= 0.3 is 0 Å². The van der Waals surface area contributed by atoms with E-state index in [1.54, 1.807) is 0 Å². The molecule has 1 saturated heterocycles. The van der Waals surface area contributed by atoms with Crippen molar-refractivity contribution in [1.29, 1.82) is 0 Å². The van der Waals surface area contributed by atoms with Gasteiger partial charge in [0.15, 0.2) is 0 Å². The molecule has 1 aliphatic rings. The summed E-state index contributed by atoms with van der Waals surface area (Å²) in [5, 5.41) is 3.58. The van der Waals surface area contributed by atoms with Gasteiger partial charge < -0.3 is 10.2 Å². The molecule has 1 fully saturated rings. The first-order valence-corrected chi connectivity index (χ1v) is 6.17. The Morgan fingerprint density at radius 2 is 2.38 bits per heavy atom. The zero-order valence-electron chi connectivity index (χ0n) is 10.2. The van der Waals surface area contributed by atoms with Crippen molar-refractivity contribution in [2.75, 3.05) is 25.5 Å². The van der Waals surface area contributed by atoms with Crippen LogP contribution in [0.4, 0.5) is 5.69 Å². The summed E-state index contributed by atoms with van der Waals surface area (Å²) in [5.41, 5.74) is 2.47. The van der Waals surface area contributed by atoms with Crippen molar-refractivity contribution < 1.29 is 0 Å². The molecule has 2 rings (SSSR count). The number of piperidine rings is 1. The minimum atomic E-state index is 0.577. The van der Waals surface area contributed by atoms with E-state index in [1.807, 2.05) is 12.4 Å². The minimum absolute atomic E-state index is 0.577. The number of aromatic nitrogens is 1. The maximum Gasteiger partial charge on any atom is 0.0532 e. The zero-order chi connectivity index (χ0) is 11.4. The van der Waals surface area contributed by atoms with Gasteiger partial charge in [-0.05, 0) is 44.5 Å². The Hall–Kier alpha value is -1.09. The first-order chi connectivity index (χ1) is 7.78. The summed E-state index contributed by atoms with van der Waals surface area (Å²) in [7, 11) is 2.19. The van der Waals surface area contributed by atoms with E-state index in [0.29, 0.717) is 6.04 Å². The molecule has 1 aliphatic heterocycles. The predicted molar refractivity (Wildman–Crippen MR) is 67.8 cm³/mol. The first kappa shape index (κ1) is 11.4. The second kappa shape index (κ2) is 5.30. The zero-order valence-corrected chi connectivity index (χ0v) is 10.2. The number of likely N-dealkylation sites (N-methyl/N-ethyl adjacent to an activating group) is 1. The van der Waals surface area contributed by atoms with Crippen molar-refractivity contribution in [3.63, 3.8) is 0 Å². The van der Waals surface area contributed by atoms with Crippen LogP contribution in [0.3, 0.4) is 0 Å². The third kappa shape index (κ3) is 2.95. The Balaban J connectivity index is 1.97. The van der Waals surface area contributed by atoms with Crippen molar-refractivity contribution in [3.8, 4) is 0 Å². The van der Waals surface area contributed by atoms with Crippen molar-refractivity contribution in [3.05, 3.63) is 24.0 Å². The predicted octanol–water partition coefficient (Wildman–Crippen LogP) is 2.15. The first-order valence-electron chi connectivity index (χ1n) is 6.17. The van der Waals surface area contributed by atoms with Crippen LogP contribution in [0.15, 0.2) is 18.5 Å². The van der Waals surface area contributed by atoms with Gasteiger partial charge in [-0.25, -0.2) is 0 Å². The summed E-state index contributed by atoms with van der Waals surface area (Å²) in [5.74, 6) is 0. The summed E-state index contributed by atoms with van der Waals surface area (Å²) >= 11 is 0. The molecule has 3 nitrogen and oxygen atoms in total. The van der Waals surface area contributed by atoms with E-state index >= 15 is 0 Å². The van der Waals surface area contributed by atoms with Gasteiger partial charge in [0.05, 0.1) is 5.69 Å². The van der Waals surface area contributed by atoms with E-state index in [4.69, 9.17) is 0 Å². The summed E-state index contributed by atoms with van der Waals surface area (Å²) in [6.45, 7) is 4.52. The average molecular weight is 219 g/mol. The number of aryl methyl sites for hydroxylation is 1. The Labute approximate surface area is 97.9 Å². The fourth-order valence-corrected chi connectivity index (χ4v) is 2.28. The topological polar surface area (TPSA) is 28.2 Å². The van der Waals surface area contributed by atoms with E-state index < -0.39 is 0 Å². The third-order valence-electron chi connectivity index (χ3n) is 3.20. The van der Waals surface area contributed by atoms with E-state index in [0.717, 1.165) is 13.0 Å². The number of hydrogen-bond donors (Lipinski definition) is 1. The standard InChI is InChI=1S/C13H21N3/c1-3-11-7-13(9-14-8-11)15-12-5-4-6-16(2)10-12/h7-9,12,15H,3-6,10H2,1-2H3. The molecular weight excluding hydrogens is 198 g/mol. The van der Waals surface area contributed by atoms with Gasteiger partial charge in [-0.3, -0.25) is 4.98 Å². The van der Waals surface area contributed by atoms with Crippen LogP contribution in [0, 0.1) is 0 Å². The van der Waals surface area contributed by atoms with E-state index in [1.165, 1.54) is 30.6 Å². The number of rotatable bonds is 3. The molecule has 0 bridgehead atoms. The Kier molecular flexibility index (Phi) is 3.78. The number of hydrogen-bond acceptors (Lipinski definition) is 3. The van der Waals surface area contributed by atoms with Crippen LogP contribution >= 0.6 is 0 Å². The van der Waals surface area contributed by atoms with Crippen LogP contribution in [0.5, 0.6) is 0 Å². The van der Waals surface area contributed by atoms with E-state index in [-0.39, 0.29) is 0 Å². The molecular formula is C13H21N3. The molecule has 1 atom stereocenters. The van der Waals surface area contributed by atoms with Gasteiger partial charge in [-0.15, -0.1) is 0 Å². The summed E-state index contributed by atoms with van der Waals surface area (Å²) in [6, 6.07) is 2.79. The largest absolute Gasteiger partial charge is 0.380 e. The molecule has 2 heterocycles. The molecule has 0 saturated carbocycles. The molecule has 0 amide bonds.